The summed E-state index contributed by atoms with van der Waals surface area (Å²) in [5, 5.41) is 19.4. The van der Waals surface area contributed by atoms with Gasteiger partial charge in [-0.15, -0.1) is 0 Å². The smallest absolute Gasteiger partial charge is 0.407 e. The van der Waals surface area contributed by atoms with Gasteiger partial charge in [0.15, 0.2) is 11.5 Å². The Morgan fingerprint density at radius 1 is 1.20 bits per heavy atom. The Morgan fingerprint density at radius 3 is 2.50 bits per heavy atom. The van der Waals surface area contributed by atoms with Crippen molar-refractivity contribution in [2.24, 2.45) is 5.92 Å². The first-order chi connectivity index (χ1) is 14.3. The van der Waals surface area contributed by atoms with Crippen LogP contribution < -0.4 is 9.47 Å². The molecule has 1 fully saturated rings. The van der Waals surface area contributed by atoms with Crippen LogP contribution in [0.3, 0.4) is 0 Å². The summed E-state index contributed by atoms with van der Waals surface area (Å²) in [6.07, 6.45) is -1.16. The molecule has 1 aliphatic rings. The molecule has 2 rings (SSSR count). The molecule has 9 heteroatoms. The minimum absolute atomic E-state index is 0.0577. The fourth-order valence-electron chi connectivity index (χ4n) is 3.44. The number of hydrogen-bond donors (Lipinski definition) is 2. The van der Waals surface area contributed by atoms with Gasteiger partial charge in [-0.3, -0.25) is 4.79 Å². The minimum Gasteiger partial charge on any atom is -0.493 e. The van der Waals surface area contributed by atoms with Crippen LogP contribution in [0.4, 0.5) is 4.79 Å². The van der Waals surface area contributed by atoms with Crippen molar-refractivity contribution in [3.8, 4) is 11.5 Å². The van der Waals surface area contributed by atoms with Crippen LogP contribution >= 0.6 is 0 Å². The highest BCUT2D eigenvalue weighted by atomic mass is 16.5. The van der Waals surface area contributed by atoms with E-state index in [9.17, 15) is 14.7 Å². The second kappa shape index (κ2) is 11.0. The molecule has 0 unspecified atom stereocenters. The highest BCUT2D eigenvalue weighted by Crippen LogP contribution is 2.29. The van der Waals surface area contributed by atoms with E-state index in [2.05, 4.69) is 0 Å². The van der Waals surface area contributed by atoms with Crippen molar-refractivity contribution in [3.05, 3.63) is 23.8 Å². The fraction of sp³-hybridized carbons (Fsp3) is 0.619. The van der Waals surface area contributed by atoms with Gasteiger partial charge < -0.3 is 34.2 Å². The van der Waals surface area contributed by atoms with Gasteiger partial charge >= 0.3 is 6.09 Å². The Balaban J connectivity index is 2.15. The predicted molar refractivity (Wildman–Crippen MR) is 110 cm³/mol. The average Bonchev–Trinajstić information content (AvgIpc) is 3.09. The summed E-state index contributed by atoms with van der Waals surface area (Å²) >= 11 is 0. The Hall–Kier alpha value is -2.52. The molecule has 168 valence electrons. The van der Waals surface area contributed by atoms with Crippen LogP contribution in [0.2, 0.25) is 0 Å². The molecule has 0 saturated carbocycles. The van der Waals surface area contributed by atoms with Crippen molar-refractivity contribution in [1.29, 1.82) is 0 Å². The van der Waals surface area contributed by atoms with Crippen LogP contribution in [0.25, 0.3) is 0 Å². The summed E-state index contributed by atoms with van der Waals surface area (Å²) in [5.41, 5.74) is 0.439. The summed E-state index contributed by atoms with van der Waals surface area (Å²) in [4.78, 5) is 27.2. The standard InChI is InChI=1S/C21H32N2O7/c1-14(2)23(12-16-11-22(21(26)27)13-17(16)24)20(25)15-6-7-18(29-4)19(10-15)30-9-5-8-28-3/h6-7,10,14,16-17,24H,5,8-9,11-13H2,1-4H3,(H,26,27)/t16-,17+/m0/s1. The van der Waals surface area contributed by atoms with Crippen molar-refractivity contribution >= 4 is 12.0 Å². The molecule has 1 aliphatic heterocycles. The maximum Gasteiger partial charge on any atom is 0.407 e. The van der Waals surface area contributed by atoms with Gasteiger partial charge in [0.25, 0.3) is 5.91 Å². The van der Waals surface area contributed by atoms with Gasteiger partial charge in [-0.2, -0.15) is 0 Å². The first kappa shape index (κ1) is 23.8. The summed E-state index contributed by atoms with van der Waals surface area (Å²) in [7, 11) is 3.16. The van der Waals surface area contributed by atoms with E-state index < -0.39 is 12.2 Å². The minimum atomic E-state index is -1.07. The van der Waals surface area contributed by atoms with Crippen LogP contribution in [-0.2, 0) is 4.74 Å². The molecule has 0 aromatic heterocycles. The Morgan fingerprint density at radius 2 is 1.93 bits per heavy atom. The number of carbonyl (C=O) groups excluding carboxylic acids is 1. The number of ether oxygens (including phenoxy) is 3. The monoisotopic (exact) mass is 424 g/mol. The van der Waals surface area contributed by atoms with Crippen LogP contribution in [-0.4, -0.2) is 91.2 Å². The topological polar surface area (TPSA) is 109 Å². The maximum atomic E-state index is 13.2. The number of amides is 2. The van der Waals surface area contributed by atoms with E-state index in [-0.39, 0.29) is 37.5 Å². The molecule has 9 nitrogen and oxygen atoms in total. The second-order valence-corrected chi connectivity index (χ2v) is 7.63. The predicted octanol–water partition coefficient (Wildman–Crippen LogP) is 1.93. The molecule has 30 heavy (non-hydrogen) atoms. The number of rotatable bonds is 10. The first-order valence-corrected chi connectivity index (χ1v) is 10.0. The summed E-state index contributed by atoms with van der Waals surface area (Å²) in [6.45, 7) is 5.29. The number of likely N-dealkylation sites (tertiary alicyclic amines) is 1. The zero-order chi connectivity index (χ0) is 22.3. The number of β-amino-alcohol motifs (C(OH)–C–C–N with tert-alkyl or cyclic N) is 1. The van der Waals surface area contributed by atoms with Crippen LogP contribution in [0.5, 0.6) is 11.5 Å². The summed E-state index contributed by atoms with van der Waals surface area (Å²) in [5.74, 6) is 0.454. The molecule has 0 aliphatic carbocycles. The number of methoxy groups -OCH3 is 2. The van der Waals surface area contributed by atoms with Gasteiger partial charge in [0.2, 0.25) is 0 Å². The Kier molecular flexibility index (Phi) is 8.73. The third-order valence-corrected chi connectivity index (χ3v) is 5.15. The molecule has 0 radical (unpaired) electrons. The maximum absolute atomic E-state index is 13.2. The third kappa shape index (κ3) is 5.99. The molecule has 2 amide bonds. The lowest BCUT2D eigenvalue weighted by Crippen LogP contribution is -2.43. The van der Waals surface area contributed by atoms with E-state index >= 15 is 0 Å². The van der Waals surface area contributed by atoms with Gasteiger partial charge in [0, 0.05) is 50.8 Å². The molecule has 2 N–H and O–H groups in total. The SMILES string of the molecule is COCCCOc1cc(C(=O)N(C[C@@H]2CN(C(=O)O)C[C@H]2O)C(C)C)ccc1OC. The van der Waals surface area contributed by atoms with Gasteiger partial charge in [-0.05, 0) is 32.0 Å². The quantitative estimate of drug-likeness (QED) is 0.553. The molecule has 1 saturated heterocycles. The number of carbonyl (C=O) groups is 2. The van der Waals surface area contributed by atoms with Gasteiger partial charge in [-0.25, -0.2) is 4.79 Å². The van der Waals surface area contributed by atoms with Crippen LogP contribution in [0, 0.1) is 5.92 Å². The van der Waals surface area contributed by atoms with Gasteiger partial charge in [-0.1, -0.05) is 0 Å². The number of hydrogen-bond acceptors (Lipinski definition) is 6. The summed E-state index contributed by atoms with van der Waals surface area (Å²) < 4.78 is 16.1. The van der Waals surface area contributed by atoms with Gasteiger partial charge in [0.1, 0.15) is 0 Å². The molecular weight excluding hydrogens is 392 g/mol. The lowest BCUT2D eigenvalue weighted by molar-refractivity contribution is 0.0598. The molecule has 0 spiro atoms. The molecule has 0 bridgehead atoms. The van der Waals surface area contributed by atoms with Crippen molar-refractivity contribution in [3.63, 3.8) is 0 Å². The van der Waals surface area contributed by atoms with E-state index in [1.807, 2.05) is 13.8 Å². The first-order valence-electron chi connectivity index (χ1n) is 10.0. The summed E-state index contributed by atoms with van der Waals surface area (Å²) in [6, 6.07) is 4.89. The number of nitrogens with zero attached hydrogens (tertiary/aromatic N) is 2. The molecule has 2 atom stereocenters. The number of aliphatic hydroxyl groups excluding tert-OH is 1. The van der Waals surface area contributed by atoms with Crippen molar-refractivity contribution in [1.82, 2.24) is 9.80 Å². The Labute approximate surface area is 177 Å². The molecular formula is C21H32N2O7. The molecule has 1 aromatic rings. The van der Waals surface area contributed by atoms with Crippen molar-refractivity contribution < 1.29 is 34.0 Å². The molecule has 1 aromatic carbocycles. The number of benzene rings is 1. The van der Waals surface area contributed by atoms with E-state index in [1.165, 1.54) is 12.0 Å². The van der Waals surface area contributed by atoms with E-state index in [0.717, 1.165) is 0 Å². The number of aliphatic hydroxyl groups is 1. The lowest BCUT2D eigenvalue weighted by atomic mass is 10.0. The van der Waals surface area contributed by atoms with Crippen molar-refractivity contribution in [2.75, 3.05) is 47.1 Å². The Bertz CT molecular complexity index is 725. The van der Waals surface area contributed by atoms with E-state index in [1.54, 1.807) is 30.2 Å². The van der Waals surface area contributed by atoms with Crippen molar-refractivity contribution in [2.45, 2.75) is 32.4 Å². The van der Waals surface area contributed by atoms with E-state index in [0.29, 0.717) is 36.7 Å². The zero-order valence-electron chi connectivity index (χ0n) is 18.0. The average molecular weight is 424 g/mol. The van der Waals surface area contributed by atoms with Crippen LogP contribution in [0.15, 0.2) is 18.2 Å². The fourth-order valence-corrected chi connectivity index (χ4v) is 3.44. The second-order valence-electron chi connectivity index (χ2n) is 7.63. The zero-order valence-corrected chi connectivity index (χ0v) is 18.0. The lowest BCUT2D eigenvalue weighted by Gasteiger charge is -2.30. The van der Waals surface area contributed by atoms with Crippen LogP contribution in [0.1, 0.15) is 30.6 Å². The largest absolute Gasteiger partial charge is 0.493 e. The highest BCUT2D eigenvalue weighted by molar-refractivity contribution is 5.95. The third-order valence-electron chi connectivity index (χ3n) is 5.15. The molecule has 1 heterocycles. The normalized spacial score (nSPS) is 18.5. The number of carboxylic acid groups (broad SMARTS) is 1. The van der Waals surface area contributed by atoms with Gasteiger partial charge in [0.05, 0.1) is 26.4 Å². The highest BCUT2D eigenvalue weighted by Gasteiger charge is 2.36. The van der Waals surface area contributed by atoms with E-state index in [4.69, 9.17) is 19.3 Å².